The molecule has 1 aromatic carbocycles. The first-order valence-corrected chi connectivity index (χ1v) is 8.77. The zero-order valence-corrected chi connectivity index (χ0v) is 13.6. The van der Waals surface area contributed by atoms with E-state index in [-0.39, 0.29) is 15.8 Å². The molecule has 0 aromatic heterocycles. The van der Waals surface area contributed by atoms with Crippen LogP contribution in [-0.4, -0.2) is 33.2 Å². The van der Waals surface area contributed by atoms with Crippen molar-refractivity contribution in [3.63, 3.8) is 0 Å². The van der Waals surface area contributed by atoms with Gasteiger partial charge in [0.15, 0.2) is 0 Å². The fraction of sp³-hybridized carbons (Fsp3) is 0.500. The van der Waals surface area contributed by atoms with Crippen LogP contribution >= 0.6 is 12.2 Å². The molecule has 0 saturated carbocycles. The van der Waals surface area contributed by atoms with Crippen molar-refractivity contribution in [2.24, 2.45) is 11.7 Å². The number of rotatable bonds is 5. The van der Waals surface area contributed by atoms with Gasteiger partial charge in [-0.1, -0.05) is 18.3 Å². The molecule has 0 spiro atoms. The van der Waals surface area contributed by atoms with Crippen LogP contribution in [0.5, 0.6) is 0 Å². The van der Waals surface area contributed by atoms with Crippen molar-refractivity contribution in [3.8, 4) is 0 Å². The van der Waals surface area contributed by atoms with Gasteiger partial charge in [-0.15, -0.1) is 0 Å². The van der Waals surface area contributed by atoms with Crippen LogP contribution in [0.1, 0.15) is 24.0 Å². The Labute approximate surface area is 130 Å². The lowest BCUT2D eigenvalue weighted by molar-refractivity contribution is 0.0568. The van der Waals surface area contributed by atoms with E-state index in [4.69, 9.17) is 22.7 Å². The molecule has 1 heterocycles. The van der Waals surface area contributed by atoms with Crippen LogP contribution < -0.4 is 10.5 Å². The number of hydrogen-bond donors (Lipinski definition) is 2. The van der Waals surface area contributed by atoms with E-state index in [1.807, 2.05) is 0 Å². The molecule has 0 radical (unpaired) electrons. The lowest BCUT2D eigenvalue weighted by atomic mass is 10.0. The maximum Gasteiger partial charge on any atom is 0.240 e. The van der Waals surface area contributed by atoms with Gasteiger partial charge in [-0.25, -0.2) is 13.1 Å². The molecule has 1 aromatic rings. The largest absolute Gasteiger partial charge is 0.389 e. The standard InChI is InChI=1S/C14H20N2O3S2/c1-10-7-12(4-5-13(10)14(15)20)21(17,18)16-8-11-3-2-6-19-9-11/h4-5,7,11,16H,2-3,6,8-9H2,1H3,(H2,15,20). The molecule has 3 N–H and O–H groups in total. The third kappa shape index (κ3) is 4.23. The number of benzene rings is 1. The second kappa shape index (κ2) is 6.83. The monoisotopic (exact) mass is 328 g/mol. The van der Waals surface area contributed by atoms with Gasteiger partial charge >= 0.3 is 0 Å². The minimum atomic E-state index is -3.51. The summed E-state index contributed by atoms with van der Waals surface area (Å²) < 4.78 is 32.6. The summed E-state index contributed by atoms with van der Waals surface area (Å²) in [6, 6.07) is 4.77. The second-order valence-corrected chi connectivity index (χ2v) is 7.48. The van der Waals surface area contributed by atoms with Gasteiger partial charge < -0.3 is 10.5 Å². The van der Waals surface area contributed by atoms with Crippen LogP contribution in [0.2, 0.25) is 0 Å². The van der Waals surface area contributed by atoms with Crippen molar-refractivity contribution in [2.45, 2.75) is 24.7 Å². The molecule has 1 aliphatic heterocycles. The van der Waals surface area contributed by atoms with Gasteiger partial charge in [0.25, 0.3) is 0 Å². The fourth-order valence-corrected chi connectivity index (χ4v) is 3.79. The molecule has 116 valence electrons. The first-order valence-electron chi connectivity index (χ1n) is 6.88. The minimum absolute atomic E-state index is 0.233. The topological polar surface area (TPSA) is 81.4 Å². The highest BCUT2D eigenvalue weighted by molar-refractivity contribution is 7.89. The van der Waals surface area contributed by atoms with Gasteiger partial charge in [-0.05, 0) is 43.4 Å². The van der Waals surface area contributed by atoms with Crippen molar-refractivity contribution in [1.29, 1.82) is 0 Å². The van der Waals surface area contributed by atoms with Crippen LogP contribution in [0.4, 0.5) is 0 Å². The molecular weight excluding hydrogens is 308 g/mol. The van der Waals surface area contributed by atoms with Crippen LogP contribution in [0.3, 0.4) is 0 Å². The fourth-order valence-electron chi connectivity index (χ4n) is 2.36. The summed E-state index contributed by atoms with van der Waals surface area (Å²) in [5.41, 5.74) is 7.04. The van der Waals surface area contributed by atoms with Gasteiger partial charge in [0.05, 0.1) is 11.5 Å². The van der Waals surface area contributed by atoms with Gasteiger partial charge in [-0.3, -0.25) is 0 Å². The van der Waals surface area contributed by atoms with Crippen LogP contribution in [-0.2, 0) is 14.8 Å². The quantitative estimate of drug-likeness (QED) is 0.797. The Balaban J connectivity index is 2.08. The zero-order valence-electron chi connectivity index (χ0n) is 12.0. The third-order valence-electron chi connectivity index (χ3n) is 3.59. The van der Waals surface area contributed by atoms with E-state index in [1.165, 1.54) is 6.07 Å². The van der Waals surface area contributed by atoms with E-state index >= 15 is 0 Å². The van der Waals surface area contributed by atoms with E-state index in [0.29, 0.717) is 18.7 Å². The molecule has 1 unspecified atom stereocenters. The predicted molar refractivity (Wildman–Crippen MR) is 85.8 cm³/mol. The molecule has 1 atom stereocenters. The van der Waals surface area contributed by atoms with Crippen molar-refractivity contribution in [1.82, 2.24) is 4.72 Å². The maximum absolute atomic E-state index is 12.3. The lowest BCUT2D eigenvalue weighted by Gasteiger charge is -2.22. The van der Waals surface area contributed by atoms with Gasteiger partial charge in [0.2, 0.25) is 10.0 Å². The van der Waals surface area contributed by atoms with Crippen molar-refractivity contribution in [2.75, 3.05) is 19.8 Å². The number of aryl methyl sites for hydroxylation is 1. The highest BCUT2D eigenvalue weighted by Crippen LogP contribution is 2.17. The SMILES string of the molecule is Cc1cc(S(=O)(=O)NCC2CCCOC2)ccc1C(N)=S. The molecule has 21 heavy (non-hydrogen) atoms. The first kappa shape index (κ1) is 16.4. The Bertz CT molecular complexity index is 623. The van der Waals surface area contributed by atoms with Crippen LogP contribution in [0.15, 0.2) is 23.1 Å². The van der Waals surface area contributed by atoms with E-state index in [2.05, 4.69) is 4.72 Å². The first-order chi connectivity index (χ1) is 9.90. The van der Waals surface area contributed by atoms with E-state index in [9.17, 15) is 8.42 Å². The number of ether oxygens (including phenoxy) is 1. The predicted octanol–water partition coefficient (Wildman–Crippen LogP) is 1.33. The summed E-state index contributed by atoms with van der Waals surface area (Å²) in [6.45, 7) is 3.58. The molecule has 5 nitrogen and oxygen atoms in total. The number of hydrogen-bond acceptors (Lipinski definition) is 4. The summed E-state index contributed by atoms with van der Waals surface area (Å²) in [4.78, 5) is 0.500. The van der Waals surface area contributed by atoms with Crippen LogP contribution in [0.25, 0.3) is 0 Å². The molecule has 1 fully saturated rings. The Morgan fingerprint density at radius 2 is 2.29 bits per heavy atom. The van der Waals surface area contributed by atoms with Crippen LogP contribution in [0, 0.1) is 12.8 Å². The van der Waals surface area contributed by atoms with Crippen molar-refractivity contribution >= 4 is 27.2 Å². The summed E-state index contributed by atoms with van der Waals surface area (Å²) in [7, 11) is -3.51. The number of nitrogens with one attached hydrogen (secondary N) is 1. The number of thiocarbonyl (C=S) groups is 1. The molecule has 1 saturated heterocycles. The highest BCUT2D eigenvalue weighted by Gasteiger charge is 2.19. The van der Waals surface area contributed by atoms with Gasteiger partial charge in [0.1, 0.15) is 4.99 Å². The Kier molecular flexibility index (Phi) is 5.32. The van der Waals surface area contributed by atoms with E-state index in [1.54, 1.807) is 19.1 Å². The Hall–Kier alpha value is -1.02. The summed E-state index contributed by atoms with van der Waals surface area (Å²) in [6.07, 6.45) is 1.97. The third-order valence-corrected chi connectivity index (χ3v) is 5.23. The van der Waals surface area contributed by atoms with E-state index < -0.39 is 10.0 Å². The van der Waals surface area contributed by atoms with Crippen molar-refractivity contribution in [3.05, 3.63) is 29.3 Å². The molecule has 0 aliphatic carbocycles. The molecular formula is C14H20N2O3S2. The lowest BCUT2D eigenvalue weighted by Crippen LogP contribution is -2.33. The smallest absolute Gasteiger partial charge is 0.240 e. The minimum Gasteiger partial charge on any atom is -0.389 e. The zero-order chi connectivity index (χ0) is 15.5. The molecule has 0 bridgehead atoms. The summed E-state index contributed by atoms with van der Waals surface area (Å²) in [5.74, 6) is 0.241. The molecule has 7 heteroatoms. The average molecular weight is 328 g/mol. The summed E-state index contributed by atoms with van der Waals surface area (Å²) >= 11 is 4.92. The Morgan fingerprint density at radius 1 is 1.52 bits per heavy atom. The normalized spacial score (nSPS) is 19.4. The summed E-state index contributed by atoms with van der Waals surface area (Å²) in [5, 5.41) is 0. The van der Waals surface area contributed by atoms with E-state index in [0.717, 1.165) is 25.0 Å². The Morgan fingerprint density at radius 3 is 2.86 bits per heavy atom. The molecule has 0 amide bonds. The molecule has 2 rings (SSSR count). The number of sulfonamides is 1. The average Bonchev–Trinajstić information content (AvgIpc) is 2.46. The molecule has 1 aliphatic rings. The van der Waals surface area contributed by atoms with Crippen molar-refractivity contribution < 1.29 is 13.2 Å². The van der Waals surface area contributed by atoms with Gasteiger partial charge in [-0.2, -0.15) is 0 Å². The number of nitrogens with two attached hydrogens (primary N) is 1. The van der Waals surface area contributed by atoms with Gasteiger partial charge in [0, 0.05) is 18.7 Å². The second-order valence-electron chi connectivity index (χ2n) is 5.28. The maximum atomic E-state index is 12.3. The highest BCUT2D eigenvalue weighted by atomic mass is 32.2.